The van der Waals surface area contributed by atoms with Crippen LogP contribution in [0.1, 0.15) is 37.3 Å². The minimum Gasteiger partial charge on any atom is -0.492 e. The van der Waals surface area contributed by atoms with Crippen molar-refractivity contribution in [3.8, 4) is 16.9 Å². The van der Waals surface area contributed by atoms with Gasteiger partial charge in [0.2, 0.25) is 0 Å². The maximum Gasteiger partial charge on any atom is 0.251 e. The van der Waals surface area contributed by atoms with E-state index in [1.165, 1.54) is 11.1 Å². The van der Waals surface area contributed by atoms with E-state index in [9.17, 15) is 4.79 Å². The topological polar surface area (TPSA) is 41.6 Å². The summed E-state index contributed by atoms with van der Waals surface area (Å²) in [5, 5.41) is 4.02. The van der Waals surface area contributed by atoms with Crippen LogP contribution in [-0.4, -0.2) is 36.5 Å². The minimum atomic E-state index is 0.113. The summed E-state index contributed by atoms with van der Waals surface area (Å²) in [6.07, 6.45) is 2.91. The highest BCUT2D eigenvalue weighted by molar-refractivity contribution is 6.32. The zero-order valence-corrected chi connectivity index (χ0v) is 20.9. The van der Waals surface area contributed by atoms with Gasteiger partial charge in [-0.2, -0.15) is 0 Å². The molecule has 1 fully saturated rings. The smallest absolute Gasteiger partial charge is 0.251 e. The van der Waals surface area contributed by atoms with Crippen LogP contribution >= 0.6 is 11.6 Å². The van der Waals surface area contributed by atoms with Crippen molar-refractivity contribution in [1.29, 1.82) is 0 Å². The number of amides is 1. The number of para-hydroxylation sites is 1. The predicted molar refractivity (Wildman–Crippen MR) is 142 cm³/mol. The number of nitrogens with one attached hydrogen (secondary N) is 1. The summed E-state index contributed by atoms with van der Waals surface area (Å²) in [6.45, 7) is 4.44. The van der Waals surface area contributed by atoms with Gasteiger partial charge in [-0.05, 0) is 67.1 Å². The third-order valence-corrected chi connectivity index (χ3v) is 7.02. The number of hydrogen-bond acceptors (Lipinski definition) is 3. The normalized spacial score (nSPS) is 15.7. The standard InChI is InChI=1S/C30H31ClN2O2/c1-2-35-29-24(12-7-13-28(29)31)20-33(25-14-15-25)30(34)27-19-32-17-16-26(27)23-11-6-10-22(18-23)21-8-4-3-5-9-21/h3-13,18,25,32H,2,14-17,19-20H2,1H3. The van der Waals surface area contributed by atoms with Gasteiger partial charge >= 0.3 is 0 Å². The molecule has 1 aliphatic carbocycles. The molecule has 0 spiro atoms. The number of hydrogen-bond donors (Lipinski definition) is 1. The SMILES string of the molecule is CCOc1c(Cl)cccc1CN(C(=O)C1=C(c2cccc(-c3ccccc3)c2)CCNC1)C1CC1. The molecule has 1 aliphatic heterocycles. The number of ether oxygens (including phenoxy) is 1. The third kappa shape index (κ3) is 5.29. The molecule has 2 aliphatic rings. The van der Waals surface area contributed by atoms with E-state index in [1.54, 1.807) is 0 Å². The fraction of sp³-hybridized carbons (Fsp3) is 0.300. The molecule has 0 atom stereocenters. The number of carbonyl (C=O) groups excluding carboxylic acids is 1. The van der Waals surface area contributed by atoms with Gasteiger partial charge in [-0.3, -0.25) is 4.79 Å². The molecule has 1 amide bonds. The second-order valence-electron chi connectivity index (χ2n) is 9.16. The molecule has 0 radical (unpaired) electrons. The second kappa shape index (κ2) is 10.7. The molecule has 0 unspecified atom stereocenters. The van der Waals surface area contributed by atoms with Crippen LogP contribution in [0.15, 0.2) is 78.4 Å². The monoisotopic (exact) mass is 486 g/mol. The Morgan fingerprint density at radius 2 is 1.74 bits per heavy atom. The molecule has 3 aromatic rings. The quantitative estimate of drug-likeness (QED) is 0.403. The fourth-order valence-electron chi connectivity index (χ4n) is 4.82. The molecule has 1 saturated carbocycles. The second-order valence-corrected chi connectivity index (χ2v) is 9.56. The van der Waals surface area contributed by atoms with Crippen molar-refractivity contribution in [2.45, 2.75) is 38.8 Å². The first-order valence-electron chi connectivity index (χ1n) is 12.5. The van der Waals surface area contributed by atoms with Gasteiger partial charge in [0.25, 0.3) is 5.91 Å². The maximum absolute atomic E-state index is 14.0. The van der Waals surface area contributed by atoms with E-state index in [-0.39, 0.29) is 11.9 Å². The summed E-state index contributed by atoms with van der Waals surface area (Å²) >= 11 is 6.44. The van der Waals surface area contributed by atoms with E-state index in [4.69, 9.17) is 16.3 Å². The Morgan fingerprint density at radius 3 is 2.51 bits per heavy atom. The van der Waals surface area contributed by atoms with Crippen molar-refractivity contribution >= 4 is 23.1 Å². The van der Waals surface area contributed by atoms with Crippen molar-refractivity contribution in [3.05, 3.63) is 94.5 Å². The van der Waals surface area contributed by atoms with Crippen LogP contribution in [0.5, 0.6) is 5.75 Å². The molecule has 5 rings (SSSR count). The van der Waals surface area contributed by atoms with Gasteiger partial charge in [-0.25, -0.2) is 0 Å². The number of rotatable bonds is 8. The molecule has 0 bridgehead atoms. The maximum atomic E-state index is 14.0. The first kappa shape index (κ1) is 23.7. The van der Waals surface area contributed by atoms with Crippen LogP contribution in [0.2, 0.25) is 5.02 Å². The number of benzene rings is 3. The zero-order chi connectivity index (χ0) is 24.2. The molecule has 1 N–H and O–H groups in total. The lowest BCUT2D eigenvalue weighted by Gasteiger charge is -2.29. The van der Waals surface area contributed by atoms with E-state index in [0.717, 1.165) is 48.1 Å². The van der Waals surface area contributed by atoms with Gasteiger partial charge in [0, 0.05) is 30.3 Å². The molecule has 35 heavy (non-hydrogen) atoms. The van der Waals surface area contributed by atoms with Crippen LogP contribution in [0, 0.1) is 0 Å². The summed E-state index contributed by atoms with van der Waals surface area (Å²) in [6, 6.07) is 25.0. The van der Waals surface area contributed by atoms with E-state index in [1.807, 2.05) is 36.1 Å². The molecular formula is C30H31ClN2O2. The van der Waals surface area contributed by atoms with Crippen molar-refractivity contribution in [1.82, 2.24) is 10.2 Å². The predicted octanol–water partition coefficient (Wildman–Crippen LogP) is 6.34. The van der Waals surface area contributed by atoms with Gasteiger partial charge in [0.05, 0.1) is 11.6 Å². The van der Waals surface area contributed by atoms with Crippen molar-refractivity contribution < 1.29 is 9.53 Å². The molecule has 4 nitrogen and oxygen atoms in total. The van der Waals surface area contributed by atoms with Crippen LogP contribution in [-0.2, 0) is 11.3 Å². The number of carbonyl (C=O) groups is 1. The summed E-state index contributed by atoms with van der Waals surface area (Å²) in [4.78, 5) is 16.1. The summed E-state index contributed by atoms with van der Waals surface area (Å²) < 4.78 is 5.85. The fourth-order valence-corrected chi connectivity index (χ4v) is 5.07. The number of halogens is 1. The molecule has 1 heterocycles. The molecule has 180 valence electrons. The lowest BCUT2D eigenvalue weighted by molar-refractivity contribution is -0.128. The van der Waals surface area contributed by atoms with Gasteiger partial charge in [-0.15, -0.1) is 0 Å². The van der Waals surface area contributed by atoms with Gasteiger partial charge in [0.1, 0.15) is 5.75 Å². The van der Waals surface area contributed by atoms with Gasteiger partial charge < -0.3 is 15.0 Å². The van der Waals surface area contributed by atoms with E-state index in [0.29, 0.717) is 30.5 Å². The zero-order valence-electron chi connectivity index (χ0n) is 20.1. The Labute approximate surface area is 212 Å². The van der Waals surface area contributed by atoms with Crippen LogP contribution in [0.3, 0.4) is 0 Å². The molecule has 0 aromatic heterocycles. The van der Waals surface area contributed by atoms with E-state index >= 15 is 0 Å². The Morgan fingerprint density at radius 1 is 1.00 bits per heavy atom. The van der Waals surface area contributed by atoms with Gasteiger partial charge in [-0.1, -0.05) is 72.3 Å². The van der Waals surface area contributed by atoms with E-state index in [2.05, 4.69) is 53.8 Å². The molecule has 3 aromatic carbocycles. The van der Waals surface area contributed by atoms with Crippen LogP contribution in [0.25, 0.3) is 16.7 Å². The lowest BCUT2D eigenvalue weighted by Crippen LogP contribution is -2.39. The third-order valence-electron chi connectivity index (χ3n) is 6.72. The highest BCUT2D eigenvalue weighted by Gasteiger charge is 2.36. The summed E-state index contributed by atoms with van der Waals surface area (Å²) in [5.41, 5.74) is 6.45. The largest absolute Gasteiger partial charge is 0.492 e. The van der Waals surface area contributed by atoms with Crippen LogP contribution in [0.4, 0.5) is 0 Å². The molecule has 5 heteroatoms. The Kier molecular flexibility index (Phi) is 7.21. The van der Waals surface area contributed by atoms with Crippen molar-refractivity contribution in [2.75, 3.05) is 19.7 Å². The lowest BCUT2D eigenvalue weighted by atomic mass is 9.91. The average molecular weight is 487 g/mol. The summed E-state index contributed by atoms with van der Waals surface area (Å²) in [7, 11) is 0. The Balaban J connectivity index is 1.49. The first-order chi connectivity index (χ1) is 17.2. The van der Waals surface area contributed by atoms with Crippen molar-refractivity contribution in [3.63, 3.8) is 0 Å². The van der Waals surface area contributed by atoms with Crippen LogP contribution < -0.4 is 10.1 Å². The minimum absolute atomic E-state index is 0.113. The molecule has 0 saturated heterocycles. The molecular weight excluding hydrogens is 456 g/mol. The highest BCUT2D eigenvalue weighted by Crippen LogP contribution is 2.36. The summed E-state index contributed by atoms with van der Waals surface area (Å²) in [5.74, 6) is 0.795. The number of nitrogens with zero attached hydrogens (tertiary/aromatic N) is 1. The van der Waals surface area contributed by atoms with Gasteiger partial charge in [0.15, 0.2) is 0 Å². The van der Waals surface area contributed by atoms with Crippen molar-refractivity contribution in [2.24, 2.45) is 0 Å². The Bertz CT molecular complexity index is 1230. The Hall–Kier alpha value is -3.08. The average Bonchev–Trinajstić information content (AvgIpc) is 3.75. The first-order valence-corrected chi connectivity index (χ1v) is 12.8. The van der Waals surface area contributed by atoms with E-state index < -0.39 is 0 Å². The highest BCUT2D eigenvalue weighted by atomic mass is 35.5.